The van der Waals surface area contributed by atoms with Crippen LogP contribution in [0, 0.1) is 18.3 Å². The number of ether oxygens (including phenoxy) is 2. The normalized spacial score (nSPS) is 14.6. The topological polar surface area (TPSA) is 38.7 Å². The minimum Gasteiger partial charge on any atom is -0.497 e. The summed E-state index contributed by atoms with van der Waals surface area (Å²) in [6, 6.07) is 7.76. The molecule has 3 nitrogen and oxygen atoms in total. The molecular formula is C19H26O3. The molecule has 1 rings (SSSR count). The molecule has 0 fully saturated rings. The lowest BCUT2D eigenvalue weighted by molar-refractivity contribution is -0.0238. The summed E-state index contributed by atoms with van der Waals surface area (Å²) in [5.41, 5.74) is 1.07. The number of rotatable bonds is 10. The fourth-order valence-electron chi connectivity index (χ4n) is 2.26. The van der Waals surface area contributed by atoms with Gasteiger partial charge in [0.2, 0.25) is 0 Å². The Kier molecular flexibility index (Phi) is 8.35. The highest BCUT2D eigenvalue weighted by Gasteiger charge is 2.20. The number of terminal acetylenes is 1. The van der Waals surface area contributed by atoms with E-state index in [0.29, 0.717) is 25.9 Å². The molecule has 3 heteroatoms. The molecule has 0 saturated heterocycles. The van der Waals surface area contributed by atoms with E-state index < -0.39 is 6.10 Å². The van der Waals surface area contributed by atoms with Gasteiger partial charge in [-0.05, 0) is 30.0 Å². The summed E-state index contributed by atoms with van der Waals surface area (Å²) in [6.07, 6.45) is 8.35. The highest BCUT2D eigenvalue weighted by molar-refractivity contribution is 5.26. The number of aliphatic hydroxyl groups excluding tert-OH is 1. The van der Waals surface area contributed by atoms with E-state index in [4.69, 9.17) is 15.9 Å². The molecule has 0 heterocycles. The van der Waals surface area contributed by atoms with Gasteiger partial charge in [-0.3, -0.25) is 0 Å². The zero-order chi connectivity index (χ0) is 16.4. The predicted molar refractivity (Wildman–Crippen MR) is 89.6 cm³/mol. The highest BCUT2D eigenvalue weighted by atomic mass is 16.5. The Morgan fingerprint density at radius 3 is 2.59 bits per heavy atom. The van der Waals surface area contributed by atoms with Crippen LogP contribution in [0.2, 0.25) is 0 Å². The van der Waals surface area contributed by atoms with E-state index >= 15 is 0 Å². The van der Waals surface area contributed by atoms with Crippen molar-refractivity contribution in [1.29, 1.82) is 0 Å². The van der Waals surface area contributed by atoms with Crippen molar-refractivity contribution in [2.75, 3.05) is 7.11 Å². The Hall–Kier alpha value is -1.76. The molecule has 0 aromatic heterocycles. The van der Waals surface area contributed by atoms with Gasteiger partial charge in [-0.15, -0.1) is 18.9 Å². The minimum atomic E-state index is -0.446. The van der Waals surface area contributed by atoms with Gasteiger partial charge < -0.3 is 14.6 Å². The van der Waals surface area contributed by atoms with Crippen molar-refractivity contribution < 1.29 is 14.6 Å². The number of methoxy groups -OCH3 is 1. The van der Waals surface area contributed by atoms with Gasteiger partial charge in [0.1, 0.15) is 5.75 Å². The van der Waals surface area contributed by atoms with Crippen LogP contribution in [0.5, 0.6) is 5.75 Å². The Morgan fingerprint density at radius 2 is 2.05 bits per heavy atom. The molecule has 1 aromatic rings. The Labute approximate surface area is 134 Å². The lowest BCUT2D eigenvalue weighted by Crippen LogP contribution is -2.27. The van der Waals surface area contributed by atoms with Gasteiger partial charge in [0, 0.05) is 12.8 Å². The van der Waals surface area contributed by atoms with Crippen LogP contribution in [0.1, 0.15) is 31.7 Å². The first-order valence-corrected chi connectivity index (χ1v) is 7.57. The minimum absolute atomic E-state index is 0.0758. The fraction of sp³-hybridized carbons (Fsp3) is 0.474. The molecule has 3 atom stereocenters. The quantitative estimate of drug-likeness (QED) is 0.530. The summed E-state index contributed by atoms with van der Waals surface area (Å²) in [6.45, 7) is 6.20. The van der Waals surface area contributed by atoms with Gasteiger partial charge in [-0.1, -0.05) is 25.1 Å². The second kappa shape index (κ2) is 10.0. The zero-order valence-electron chi connectivity index (χ0n) is 13.5. The van der Waals surface area contributed by atoms with Crippen molar-refractivity contribution in [3.8, 4) is 18.1 Å². The Bertz CT molecular complexity index is 472. The SMILES string of the molecule is C#CC[C@H](C)[C@@H](C[C@@H](O)CC=C)OCc1ccc(OC)cc1. The van der Waals surface area contributed by atoms with Crippen LogP contribution >= 0.6 is 0 Å². The lowest BCUT2D eigenvalue weighted by Gasteiger charge is -2.25. The third-order valence-corrected chi connectivity index (χ3v) is 3.64. The molecule has 0 amide bonds. The second-order valence-electron chi connectivity index (χ2n) is 5.50. The van der Waals surface area contributed by atoms with Gasteiger partial charge in [0.15, 0.2) is 0 Å². The molecule has 22 heavy (non-hydrogen) atoms. The molecule has 0 radical (unpaired) electrons. The van der Waals surface area contributed by atoms with Crippen LogP contribution < -0.4 is 4.74 Å². The predicted octanol–water partition coefficient (Wildman–Crippen LogP) is 3.57. The highest BCUT2D eigenvalue weighted by Crippen LogP contribution is 2.20. The molecular weight excluding hydrogens is 276 g/mol. The van der Waals surface area contributed by atoms with Crippen LogP contribution in [0.3, 0.4) is 0 Å². The van der Waals surface area contributed by atoms with Crippen molar-refractivity contribution in [3.05, 3.63) is 42.5 Å². The van der Waals surface area contributed by atoms with Gasteiger partial charge >= 0.3 is 0 Å². The molecule has 0 bridgehead atoms. The first-order valence-electron chi connectivity index (χ1n) is 7.57. The lowest BCUT2D eigenvalue weighted by atomic mass is 9.95. The van der Waals surface area contributed by atoms with Gasteiger partial charge in [0.05, 0.1) is 25.9 Å². The summed E-state index contributed by atoms with van der Waals surface area (Å²) < 4.78 is 11.1. The maximum absolute atomic E-state index is 9.98. The summed E-state index contributed by atoms with van der Waals surface area (Å²) in [5, 5.41) is 9.98. The molecule has 0 aliphatic carbocycles. The summed E-state index contributed by atoms with van der Waals surface area (Å²) in [5.74, 6) is 3.69. The van der Waals surface area contributed by atoms with E-state index in [0.717, 1.165) is 11.3 Å². The van der Waals surface area contributed by atoms with Crippen molar-refractivity contribution in [2.24, 2.45) is 5.92 Å². The average molecular weight is 302 g/mol. The van der Waals surface area contributed by atoms with Crippen molar-refractivity contribution in [3.63, 3.8) is 0 Å². The summed E-state index contributed by atoms with van der Waals surface area (Å²) >= 11 is 0. The maximum Gasteiger partial charge on any atom is 0.118 e. The standard InChI is InChI=1S/C19H26O3/c1-5-7-15(3)19(13-17(20)8-6-2)22-14-16-9-11-18(21-4)12-10-16/h1,6,9-12,15,17,19-20H,2,7-8,13-14H2,3-4H3/t15-,17-,19+/m0/s1. The van der Waals surface area contributed by atoms with E-state index in [1.165, 1.54) is 0 Å². The number of benzene rings is 1. The zero-order valence-corrected chi connectivity index (χ0v) is 13.5. The molecule has 0 unspecified atom stereocenters. The second-order valence-corrected chi connectivity index (χ2v) is 5.50. The third-order valence-electron chi connectivity index (χ3n) is 3.64. The van der Waals surface area contributed by atoms with Crippen molar-refractivity contribution >= 4 is 0 Å². The number of hydrogen-bond donors (Lipinski definition) is 1. The van der Waals surface area contributed by atoms with Crippen LogP contribution in [0.25, 0.3) is 0 Å². The van der Waals surface area contributed by atoms with Gasteiger partial charge in [-0.2, -0.15) is 0 Å². The average Bonchev–Trinajstić information content (AvgIpc) is 2.52. The monoisotopic (exact) mass is 302 g/mol. The molecule has 0 aliphatic heterocycles. The van der Waals surface area contributed by atoms with Crippen LogP contribution in [0.15, 0.2) is 36.9 Å². The van der Waals surface area contributed by atoms with Crippen molar-refractivity contribution in [2.45, 2.75) is 45.0 Å². The van der Waals surface area contributed by atoms with Crippen LogP contribution in [0.4, 0.5) is 0 Å². The van der Waals surface area contributed by atoms with E-state index in [1.807, 2.05) is 24.3 Å². The van der Waals surface area contributed by atoms with Crippen molar-refractivity contribution in [1.82, 2.24) is 0 Å². The fourth-order valence-corrected chi connectivity index (χ4v) is 2.26. The van der Waals surface area contributed by atoms with Crippen LogP contribution in [-0.4, -0.2) is 24.4 Å². The number of hydrogen-bond acceptors (Lipinski definition) is 3. The first-order chi connectivity index (χ1) is 10.6. The largest absolute Gasteiger partial charge is 0.497 e. The molecule has 1 aromatic carbocycles. The molecule has 0 aliphatic rings. The molecule has 1 N–H and O–H groups in total. The summed E-state index contributed by atoms with van der Waals surface area (Å²) in [7, 11) is 1.64. The smallest absolute Gasteiger partial charge is 0.118 e. The Balaban J connectivity index is 2.62. The van der Waals surface area contributed by atoms with Gasteiger partial charge in [-0.25, -0.2) is 0 Å². The maximum atomic E-state index is 9.98. The van der Waals surface area contributed by atoms with E-state index in [1.54, 1.807) is 13.2 Å². The van der Waals surface area contributed by atoms with E-state index in [2.05, 4.69) is 19.4 Å². The Morgan fingerprint density at radius 1 is 1.36 bits per heavy atom. The van der Waals surface area contributed by atoms with Gasteiger partial charge in [0.25, 0.3) is 0 Å². The third kappa shape index (κ3) is 6.34. The molecule has 120 valence electrons. The van der Waals surface area contributed by atoms with E-state index in [9.17, 15) is 5.11 Å². The first kappa shape index (κ1) is 18.3. The molecule has 0 spiro atoms. The number of aliphatic hydroxyl groups is 1. The van der Waals surface area contributed by atoms with Crippen LogP contribution in [-0.2, 0) is 11.3 Å². The summed E-state index contributed by atoms with van der Waals surface area (Å²) in [4.78, 5) is 0. The van der Waals surface area contributed by atoms with E-state index in [-0.39, 0.29) is 12.0 Å². The molecule has 0 saturated carbocycles.